The van der Waals surface area contributed by atoms with Crippen LogP contribution in [-0.2, 0) is 11.8 Å². The van der Waals surface area contributed by atoms with E-state index in [-0.39, 0.29) is 17.6 Å². The van der Waals surface area contributed by atoms with E-state index in [2.05, 4.69) is 16.4 Å². The number of carbonyl (C=O) groups is 1. The quantitative estimate of drug-likeness (QED) is 0.882. The van der Waals surface area contributed by atoms with E-state index in [1.165, 1.54) is 6.07 Å². The van der Waals surface area contributed by atoms with E-state index in [1.807, 2.05) is 13.1 Å². The number of rotatable bonds is 4. The lowest BCUT2D eigenvalue weighted by Crippen LogP contribution is -2.36. The van der Waals surface area contributed by atoms with Crippen molar-refractivity contribution in [2.75, 3.05) is 0 Å². The van der Waals surface area contributed by atoms with Crippen LogP contribution < -0.4 is 5.32 Å². The van der Waals surface area contributed by atoms with E-state index in [1.54, 1.807) is 35.2 Å². The Hall–Kier alpha value is -2.43. The van der Waals surface area contributed by atoms with Crippen molar-refractivity contribution in [3.8, 4) is 0 Å². The number of hydrogen-bond acceptors (Lipinski definition) is 2. The van der Waals surface area contributed by atoms with Crippen molar-refractivity contribution in [3.05, 3.63) is 66.0 Å². The van der Waals surface area contributed by atoms with Crippen molar-refractivity contribution >= 4 is 5.91 Å². The summed E-state index contributed by atoms with van der Waals surface area (Å²) in [5.74, 6) is 0.166. The molecule has 5 heteroatoms. The fourth-order valence-corrected chi connectivity index (χ4v) is 2.94. The second kappa shape index (κ2) is 6.77. The Labute approximate surface area is 135 Å². The third kappa shape index (κ3) is 3.33. The highest BCUT2D eigenvalue weighted by Crippen LogP contribution is 2.25. The molecule has 1 N–H and O–H groups in total. The molecule has 1 aromatic carbocycles. The van der Waals surface area contributed by atoms with Gasteiger partial charge in [0.05, 0.1) is 0 Å². The predicted molar refractivity (Wildman–Crippen MR) is 86.1 cm³/mol. The summed E-state index contributed by atoms with van der Waals surface area (Å²) in [4.78, 5) is 16.9. The van der Waals surface area contributed by atoms with Crippen LogP contribution in [0.2, 0.25) is 0 Å². The maximum atomic E-state index is 14.3. The minimum absolute atomic E-state index is 0.0504. The van der Waals surface area contributed by atoms with Gasteiger partial charge in [0.25, 0.3) is 0 Å². The van der Waals surface area contributed by atoms with Gasteiger partial charge >= 0.3 is 0 Å². The lowest BCUT2D eigenvalue weighted by atomic mass is 9.93. The molecule has 0 fully saturated rings. The Morgan fingerprint density at radius 3 is 2.87 bits per heavy atom. The Bertz CT molecular complexity index is 723. The summed E-state index contributed by atoms with van der Waals surface area (Å²) < 4.78 is 16.1. The molecule has 0 saturated carbocycles. The SMILES string of the molecule is Cn1ccnc1[C@@H](NC(=O)[C@@H]1CC=CCC1)c1ccccc1F. The first-order chi connectivity index (χ1) is 11.2. The van der Waals surface area contributed by atoms with Gasteiger partial charge in [0, 0.05) is 30.9 Å². The second-order valence-corrected chi connectivity index (χ2v) is 5.84. The monoisotopic (exact) mass is 313 g/mol. The van der Waals surface area contributed by atoms with Crippen LogP contribution in [-0.4, -0.2) is 15.5 Å². The van der Waals surface area contributed by atoms with E-state index in [9.17, 15) is 9.18 Å². The molecule has 0 spiro atoms. The zero-order valence-electron chi connectivity index (χ0n) is 13.1. The summed E-state index contributed by atoms with van der Waals surface area (Å²) in [5, 5.41) is 2.99. The van der Waals surface area contributed by atoms with Crippen LogP contribution in [0.1, 0.15) is 36.7 Å². The van der Waals surface area contributed by atoms with Crippen LogP contribution in [0.5, 0.6) is 0 Å². The van der Waals surface area contributed by atoms with Crippen LogP contribution in [0.15, 0.2) is 48.8 Å². The standard InChI is InChI=1S/C18H20FN3O/c1-22-12-11-20-17(22)16(14-9-5-6-10-15(14)19)21-18(23)13-7-3-2-4-8-13/h2-3,5-6,9-13,16H,4,7-8H2,1H3,(H,21,23)/t13-,16+/m1/s1. The van der Waals surface area contributed by atoms with Gasteiger partial charge in [-0.3, -0.25) is 4.79 Å². The smallest absolute Gasteiger partial charge is 0.224 e. The van der Waals surface area contributed by atoms with Crippen LogP contribution in [0.3, 0.4) is 0 Å². The number of carbonyl (C=O) groups excluding carboxylic acids is 1. The van der Waals surface area contributed by atoms with Crippen molar-refractivity contribution in [3.63, 3.8) is 0 Å². The molecule has 0 saturated heterocycles. The number of imidazole rings is 1. The molecular formula is C18H20FN3O. The van der Waals surface area contributed by atoms with Crippen LogP contribution in [0.25, 0.3) is 0 Å². The highest BCUT2D eigenvalue weighted by molar-refractivity contribution is 5.79. The van der Waals surface area contributed by atoms with Gasteiger partial charge in [-0.25, -0.2) is 9.37 Å². The van der Waals surface area contributed by atoms with Crippen molar-refractivity contribution in [2.24, 2.45) is 13.0 Å². The number of aromatic nitrogens is 2. The van der Waals surface area contributed by atoms with Gasteiger partial charge in [0.1, 0.15) is 17.7 Å². The lowest BCUT2D eigenvalue weighted by molar-refractivity contribution is -0.125. The zero-order chi connectivity index (χ0) is 16.2. The fourth-order valence-electron chi connectivity index (χ4n) is 2.94. The molecule has 1 amide bonds. The maximum Gasteiger partial charge on any atom is 0.224 e. The van der Waals surface area contributed by atoms with Crippen LogP contribution in [0, 0.1) is 11.7 Å². The zero-order valence-corrected chi connectivity index (χ0v) is 13.1. The van der Waals surface area contributed by atoms with Gasteiger partial charge in [-0.1, -0.05) is 30.4 Å². The number of amides is 1. The van der Waals surface area contributed by atoms with Gasteiger partial charge < -0.3 is 9.88 Å². The molecule has 1 aliphatic rings. The van der Waals surface area contributed by atoms with Crippen LogP contribution >= 0.6 is 0 Å². The Morgan fingerprint density at radius 2 is 2.22 bits per heavy atom. The molecule has 0 bridgehead atoms. The molecule has 1 aliphatic carbocycles. The molecule has 3 rings (SSSR count). The molecule has 120 valence electrons. The topological polar surface area (TPSA) is 46.9 Å². The van der Waals surface area contributed by atoms with E-state index in [0.717, 1.165) is 19.3 Å². The number of benzene rings is 1. The van der Waals surface area contributed by atoms with Gasteiger partial charge in [-0.05, 0) is 25.3 Å². The summed E-state index contributed by atoms with van der Waals surface area (Å²) in [6.07, 6.45) is 10.0. The maximum absolute atomic E-state index is 14.3. The van der Waals surface area contributed by atoms with Gasteiger partial charge in [-0.15, -0.1) is 0 Å². The highest BCUT2D eigenvalue weighted by Gasteiger charge is 2.27. The molecule has 2 atom stereocenters. The van der Waals surface area contributed by atoms with Crippen molar-refractivity contribution in [2.45, 2.75) is 25.3 Å². The van der Waals surface area contributed by atoms with E-state index >= 15 is 0 Å². The van der Waals surface area contributed by atoms with Crippen molar-refractivity contribution in [1.82, 2.24) is 14.9 Å². The Morgan fingerprint density at radius 1 is 1.39 bits per heavy atom. The molecule has 0 radical (unpaired) electrons. The molecule has 2 aromatic rings. The number of aryl methyl sites for hydroxylation is 1. The van der Waals surface area contributed by atoms with Gasteiger partial charge in [0.2, 0.25) is 5.91 Å². The third-order valence-corrected chi connectivity index (χ3v) is 4.26. The largest absolute Gasteiger partial charge is 0.342 e. The van der Waals surface area contributed by atoms with Crippen molar-refractivity contribution in [1.29, 1.82) is 0 Å². The third-order valence-electron chi connectivity index (χ3n) is 4.26. The normalized spacial score (nSPS) is 18.6. The van der Waals surface area contributed by atoms with Crippen molar-refractivity contribution < 1.29 is 9.18 Å². The Balaban J connectivity index is 1.90. The first kappa shape index (κ1) is 15.5. The second-order valence-electron chi connectivity index (χ2n) is 5.84. The summed E-state index contributed by atoms with van der Waals surface area (Å²) in [6.45, 7) is 0. The highest BCUT2D eigenvalue weighted by atomic mass is 19.1. The van der Waals surface area contributed by atoms with E-state index in [4.69, 9.17) is 0 Å². The molecule has 0 unspecified atom stereocenters. The number of allylic oxidation sites excluding steroid dienone is 2. The fraction of sp³-hybridized carbons (Fsp3) is 0.333. The first-order valence-electron chi connectivity index (χ1n) is 7.84. The number of halogens is 1. The molecule has 1 heterocycles. The van der Waals surface area contributed by atoms with Crippen LogP contribution in [0.4, 0.5) is 4.39 Å². The van der Waals surface area contributed by atoms with E-state index < -0.39 is 6.04 Å². The number of nitrogens with one attached hydrogen (secondary N) is 1. The minimum Gasteiger partial charge on any atom is -0.342 e. The Kier molecular flexibility index (Phi) is 4.55. The van der Waals surface area contributed by atoms with Gasteiger partial charge in [-0.2, -0.15) is 0 Å². The first-order valence-corrected chi connectivity index (χ1v) is 7.84. The average Bonchev–Trinajstić information content (AvgIpc) is 3.00. The van der Waals surface area contributed by atoms with Gasteiger partial charge in [0.15, 0.2) is 0 Å². The number of nitrogens with zero attached hydrogens (tertiary/aromatic N) is 2. The minimum atomic E-state index is -0.588. The summed E-state index contributed by atoms with van der Waals surface area (Å²) in [5.41, 5.74) is 0.432. The lowest BCUT2D eigenvalue weighted by Gasteiger charge is -2.23. The molecule has 1 aromatic heterocycles. The average molecular weight is 313 g/mol. The molecular weight excluding hydrogens is 293 g/mol. The predicted octanol–water partition coefficient (Wildman–Crippen LogP) is 3.12. The summed E-state index contributed by atoms with van der Waals surface area (Å²) in [6, 6.07) is 5.91. The number of hydrogen-bond donors (Lipinski definition) is 1. The van der Waals surface area contributed by atoms with E-state index in [0.29, 0.717) is 11.4 Å². The molecule has 23 heavy (non-hydrogen) atoms. The molecule has 4 nitrogen and oxygen atoms in total. The molecule has 0 aliphatic heterocycles. The summed E-state index contributed by atoms with van der Waals surface area (Å²) in [7, 11) is 1.84. The summed E-state index contributed by atoms with van der Waals surface area (Å²) >= 11 is 0.